The van der Waals surface area contributed by atoms with Crippen molar-refractivity contribution in [2.75, 3.05) is 26.7 Å². The van der Waals surface area contributed by atoms with Gasteiger partial charge in [0.2, 0.25) is 5.91 Å². The molecule has 2 aliphatic rings. The average molecular weight is 227 g/mol. The zero-order valence-corrected chi connectivity index (χ0v) is 9.85. The van der Waals surface area contributed by atoms with Gasteiger partial charge < -0.3 is 15.1 Å². The lowest BCUT2D eigenvalue weighted by atomic mass is 10.4. The molecule has 0 bridgehead atoms. The fourth-order valence-electron chi connectivity index (χ4n) is 1.65. The molecule has 15 heavy (non-hydrogen) atoms. The highest BCUT2D eigenvalue weighted by Gasteiger charge is 2.26. The summed E-state index contributed by atoms with van der Waals surface area (Å²) in [5.74, 6) is 0.160. The van der Waals surface area contributed by atoms with Gasteiger partial charge in [-0.1, -0.05) is 0 Å². The number of hydrogen-bond donors (Lipinski definition) is 1. The number of carbonyl (C=O) groups excluding carboxylic acids is 1. The predicted octanol–water partition coefficient (Wildman–Crippen LogP) is 0.187. The molecule has 0 aromatic carbocycles. The molecule has 2 fully saturated rings. The van der Waals surface area contributed by atoms with Gasteiger partial charge in [-0.3, -0.25) is 4.79 Å². The molecule has 0 radical (unpaired) electrons. The number of nitrogens with one attached hydrogen (secondary N) is 1. The molecule has 2 rings (SSSR count). The second-order valence-electron chi connectivity index (χ2n) is 4.31. The third-order valence-corrected chi connectivity index (χ3v) is 3.24. The molecule has 1 aliphatic carbocycles. The number of likely N-dealkylation sites (N-methyl/N-ethyl adjacent to an activating group) is 1. The molecule has 0 spiro atoms. The van der Waals surface area contributed by atoms with Crippen LogP contribution in [-0.2, 0) is 4.79 Å². The summed E-state index contributed by atoms with van der Waals surface area (Å²) in [6.07, 6.45) is 3.42. The van der Waals surface area contributed by atoms with Crippen molar-refractivity contribution < 1.29 is 4.79 Å². The summed E-state index contributed by atoms with van der Waals surface area (Å²) < 4.78 is 0. The summed E-state index contributed by atoms with van der Waals surface area (Å²) in [6, 6.07) is 0.564. The third-order valence-electron chi connectivity index (χ3n) is 2.87. The van der Waals surface area contributed by atoms with E-state index in [1.54, 1.807) is 4.90 Å². The van der Waals surface area contributed by atoms with Gasteiger partial charge in [0.1, 0.15) is 0 Å². The summed E-state index contributed by atoms with van der Waals surface area (Å²) in [5.41, 5.74) is 0. The number of carbonyl (C=O) groups is 1. The van der Waals surface area contributed by atoms with E-state index >= 15 is 0 Å². The summed E-state index contributed by atoms with van der Waals surface area (Å²) in [4.78, 5) is 15.4. The third kappa shape index (κ3) is 2.81. The minimum Gasteiger partial charge on any atom is -0.360 e. The Morgan fingerprint density at radius 2 is 2.20 bits per heavy atom. The van der Waals surface area contributed by atoms with E-state index in [1.807, 2.05) is 11.9 Å². The molecular formula is C10H17N3OS. The molecular weight excluding hydrogens is 210 g/mol. The van der Waals surface area contributed by atoms with Crippen molar-refractivity contribution in [3.63, 3.8) is 0 Å². The van der Waals surface area contributed by atoms with Gasteiger partial charge in [-0.2, -0.15) is 0 Å². The lowest BCUT2D eigenvalue weighted by Gasteiger charge is -2.23. The van der Waals surface area contributed by atoms with E-state index in [9.17, 15) is 4.79 Å². The monoisotopic (exact) mass is 227 g/mol. The summed E-state index contributed by atoms with van der Waals surface area (Å²) in [6.45, 7) is 2.14. The lowest BCUT2D eigenvalue weighted by Crippen LogP contribution is -2.44. The smallest absolute Gasteiger partial charge is 0.241 e. The van der Waals surface area contributed by atoms with Gasteiger partial charge >= 0.3 is 0 Å². The number of amides is 1. The molecule has 1 amide bonds. The first-order valence-corrected chi connectivity index (χ1v) is 5.87. The predicted molar refractivity (Wildman–Crippen MR) is 62.6 cm³/mol. The van der Waals surface area contributed by atoms with E-state index in [1.165, 1.54) is 12.8 Å². The number of thiocarbonyl (C=S) groups is 1. The Balaban J connectivity index is 1.89. The topological polar surface area (TPSA) is 35.6 Å². The highest BCUT2D eigenvalue weighted by molar-refractivity contribution is 7.80. The van der Waals surface area contributed by atoms with Crippen molar-refractivity contribution in [3.8, 4) is 0 Å². The normalized spacial score (nSPS) is 22.6. The standard InChI is InChI=1S/C10H17N3OS/c1-12-5-2-6-13(7-9(12)14)10(15)11-8-3-4-8/h8H,2-7H2,1H3,(H,11,15). The highest BCUT2D eigenvalue weighted by Crippen LogP contribution is 2.19. The first-order chi connectivity index (χ1) is 7.16. The maximum absolute atomic E-state index is 11.6. The van der Waals surface area contributed by atoms with Crippen molar-refractivity contribution in [3.05, 3.63) is 0 Å². The molecule has 1 aliphatic heterocycles. The molecule has 1 saturated heterocycles. The van der Waals surface area contributed by atoms with E-state index < -0.39 is 0 Å². The maximum Gasteiger partial charge on any atom is 0.241 e. The Bertz CT molecular complexity index is 278. The van der Waals surface area contributed by atoms with E-state index in [0.29, 0.717) is 12.6 Å². The highest BCUT2D eigenvalue weighted by atomic mass is 32.1. The van der Waals surface area contributed by atoms with Crippen LogP contribution in [0.25, 0.3) is 0 Å². The van der Waals surface area contributed by atoms with Crippen LogP contribution in [0.1, 0.15) is 19.3 Å². The second-order valence-corrected chi connectivity index (χ2v) is 4.70. The SMILES string of the molecule is CN1CCCN(C(=S)NC2CC2)CC1=O. The van der Waals surface area contributed by atoms with Crippen LogP contribution < -0.4 is 5.32 Å². The minimum atomic E-state index is 0.160. The van der Waals surface area contributed by atoms with Crippen molar-refractivity contribution in [1.29, 1.82) is 0 Å². The van der Waals surface area contributed by atoms with Gasteiger partial charge in [0.05, 0.1) is 6.54 Å². The van der Waals surface area contributed by atoms with Gasteiger partial charge in [0.15, 0.2) is 5.11 Å². The van der Waals surface area contributed by atoms with E-state index in [2.05, 4.69) is 5.32 Å². The molecule has 4 nitrogen and oxygen atoms in total. The molecule has 84 valence electrons. The molecule has 5 heteroatoms. The van der Waals surface area contributed by atoms with Crippen molar-refractivity contribution in [1.82, 2.24) is 15.1 Å². The number of hydrogen-bond acceptors (Lipinski definition) is 2. The summed E-state index contributed by atoms with van der Waals surface area (Å²) in [7, 11) is 1.85. The van der Waals surface area contributed by atoms with E-state index in [4.69, 9.17) is 12.2 Å². The van der Waals surface area contributed by atoms with Gasteiger partial charge in [-0.15, -0.1) is 0 Å². The lowest BCUT2D eigenvalue weighted by molar-refractivity contribution is -0.129. The van der Waals surface area contributed by atoms with Crippen LogP contribution in [0.3, 0.4) is 0 Å². The zero-order valence-electron chi connectivity index (χ0n) is 9.03. The van der Waals surface area contributed by atoms with Crippen LogP contribution in [0.2, 0.25) is 0 Å². The average Bonchev–Trinajstić information content (AvgIpc) is 2.98. The fraction of sp³-hybridized carbons (Fsp3) is 0.800. The Hall–Kier alpha value is -0.840. The molecule has 0 aromatic heterocycles. The quantitative estimate of drug-likeness (QED) is 0.649. The van der Waals surface area contributed by atoms with E-state index in [0.717, 1.165) is 24.6 Å². The number of rotatable bonds is 1. The summed E-state index contributed by atoms with van der Waals surface area (Å²) >= 11 is 5.29. The van der Waals surface area contributed by atoms with Gasteiger partial charge in [0.25, 0.3) is 0 Å². The van der Waals surface area contributed by atoms with Crippen LogP contribution >= 0.6 is 12.2 Å². The minimum absolute atomic E-state index is 0.160. The maximum atomic E-state index is 11.6. The van der Waals surface area contributed by atoms with Crippen LogP contribution in [-0.4, -0.2) is 53.5 Å². The Morgan fingerprint density at radius 3 is 2.87 bits per heavy atom. The zero-order chi connectivity index (χ0) is 10.8. The molecule has 0 atom stereocenters. The largest absolute Gasteiger partial charge is 0.360 e. The first-order valence-electron chi connectivity index (χ1n) is 5.46. The van der Waals surface area contributed by atoms with E-state index in [-0.39, 0.29) is 5.91 Å². The molecule has 1 saturated carbocycles. The van der Waals surface area contributed by atoms with Crippen LogP contribution in [0.4, 0.5) is 0 Å². The van der Waals surface area contributed by atoms with Gasteiger partial charge in [-0.05, 0) is 31.5 Å². The summed E-state index contributed by atoms with van der Waals surface area (Å²) in [5, 5.41) is 4.02. The molecule has 1 heterocycles. The van der Waals surface area contributed by atoms with Crippen molar-refractivity contribution in [2.24, 2.45) is 0 Å². The van der Waals surface area contributed by atoms with Gasteiger partial charge in [-0.25, -0.2) is 0 Å². The van der Waals surface area contributed by atoms with Crippen LogP contribution in [0.15, 0.2) is 0 Å². The first kappa shape index (κ1) is 10.7. The Labute approximate surface area is 95.6 Å². The molecule has 0 aromatic rings. The Morgan fingerprint density at radius 1 is 1.47 bits per heavy atom. The number of nitrogens with zero attached hydrogens (tertiary/aromatic N) is 2. The van der Waals surface area contributed by atoms with Crippen molar-refractivity contribution >= 4 is 23.2 Å². The molecule has 0 unspecified atom stereocenters. The van der Waals surface area contributed by atoms with Crippen molar-refractivity contribution in [2.45, 2.75) is 25.3 Å². The van der Waals surface area contributed by atoms with Crippen LogP contribution in [0.5, 0.6) is 0 Å². The van der Waals surface area contributed by atoms with Gasteiger partial charge in [0, 0.05) is 26.2 Å². The van der Waals surface area contributed by atoms with Crippen LogP contribution in [0, 0.1) is 0 Å². The Kier molecular flexibility index (Phi) is 3.09. The molecule has 1 N–H and O–H groups in total. The second kappa shape index (κ2) is 4.35. The fourth-order valence-corrected chi connectivity index (χ4v) is 1.98.